The van der Waals surface area contributed by atoms with Crippen LogP contribution in [0.15, 0.2) is 54.6 Å². The summed E-state index contributed by atoms with van der Waals surface area (Å²) in [5, 5.41) is 5.56. The van der Waals surface area contributed by atoms with Crippen LogP contribution in [0, 0.1) is 0 Å². The predicted octanol–water partition coefficient (Wildman–Crippen LogP) is 6.82. The van der Waals surface area contributed by atoms with Gasteiger partial charge < -0.3 is 4.57 Å². The molecule has 24 heavy (non-hydrogen) atoms. The molecule has 0 bridgehead atoms. The van der Waals surface area contributed by atoms with Gasteiger partial charge in [-0.1, -0.05) is 44.2 Å². The molecule has 0 spiro atoms. The van der Waals surface area contributed by atoms with Gasteiger partial charge in [0.15, 0.2) is 0 Å². The lowest BCUT2D eigenvalue weighted by molar-refractivity contribution is 0.876. The van der Waals surface area contributed by atoms with Crippen molar-refractivity contribution in [2.24, 2.45) is 7.05 Å². The molecule has 5 rings (SSSR count). The largest absolute Gasteiger partial charge is 0.344 e. The first-order valence-corrected chi connectivity index (χ1v) is 9.29. The lowest BCUT2D eigenvalue weighted by Gasteiger charge is -2.07. The maximum atomic E-state index is 2.41. The van der Waals surface area contributed by atoms with Crippen LogP contribution in [0.2, 0.25) is 0 Å². The van der Waals surface area contributed by atoms with E-state index in [-0.39, 0.29) is 0 Å². The Morgan fingerprint density at radius 1 is 0.792 bits per heavy atom. The van der Waals surface area contributed by atoms with Crippen LogP contribution in [-0.2, 0) is 7.05 Å². The highest BCUT2D eigenvalue weighted by atomic mass is 32.1. The van der Waals surface area contributed by atoms with E-state index in [1.54, 1.807) is 0 Å². The summed E-state index contributed by atoms with van der Waals surface area (Å²) < 4.78 is 5.09. The van der Waals surface area contributed by atoms with Gasteiger partial charge in [0.1, 0.15) is 0 Å². The molecule has 0 aliphatic heterocycles. The SMILES string of the molecule is CC(C)c1cccc2c1c1cc3c(cc1n2C)sc1ccccc13. The first-order chi connectivity index (χ1) is 11.6. The van der Waals surface area contributed by atoms with Crippen molar-refractivity contribution < 1.29 is 0 Å². The minimum Gasteiger partial charge on any atom is -0.344 e. The van der Waals surface area contributed by atoms with Crippen molar-refractivity contribution in [3.8, 4) is 0 Å². The Morgan fingerprint density at radius 2 is 1.62 bits per heavy atom. The summed E-state index contributed by atoms with van der Waals surface area (Å²) >= 11 is 1.89. The van der Waals surface area contributed by atoms with Crippen LogP contribution < -0.4 is 0 Å². The molecule has 2 aromatic heterocycles. The predicted molar refractivity (Wildman–Crippen MR) is 107 cm³/mol. The van der Waals surface area contributed by atoms with Crippen molar-refractivity contribution in [2.45, 2.75) is 19.8 Å². The fourth-order valence-electron chi connectivity index (χ4n) is 3.98. The monoisotopic (exact) mass is 329 g/mol. The summed E-state index contributed by atoms with van der Waals surface area (Å²) in [6.07, 6.45) is 0. The van der Waals surface area contributed by atoms with Crippen LogP contribution in [0.3, 0.4) is 0 Å². The van der Waals surface area contributed by atoms with Gasteiger partial charge in [0.25, 0.3) is 0 Å². The fraction of sp³-hybridized carbons (Fsp3) is 0.182. The van der Waals surface area contributed by atoms with Gasteiger partial charge in [-0.05, 0) is 35.7 Å². The van der Waals surface area contributed by atoms with Crippen molar-refractivity contribution in [3.05, 3.63) is 60.2 Å². The van der Waals surface area contributed by atoms with Crippen LogP contribution in [0.4, 0.5) is 0 Å². The zero-order valence-corrected chi connectivity index (χ0v) is 14.9. The number of aromatic nitrogens is 1. The smallest absolute Gasteiger partial charge is 0.0503 e. The molecule has 0 radical (unpaired) electrons. The quantitative estimate of drug-likeness (QED) is 0.318. The van der Waals surface area contributed by atoms with E-state index in [2.05, 4.69) is 80.1 Å². The Labute approximate surface area is 145 Å². The van der Waals surface area contributed by atoms with E-state index in [1.165, 1.54) is 47.5 Å². The Morgan fingerprint density at radius 3 is 2.46 bits per heavy atom. The summed E-state index contributed by atoms with van der Waals surface area (Å²) in [7, 11) is 2.19. The summed E-state index contributed by atoms with van der Waals surface area (Å²) in [5.74, 6) is 0.522. The van der Waals surface area contributed by atoms with E-state index in [0.29, 0.717) is 5.92 Å². The van der Waals surface area contributed by atoms with Gasteiger partial charge in [-0.15, -0.1) is 11.3 Å². The second kappa shape index (κ2) is 4.84. The first kappa shape index (κ1) is 14.1. The standard InChI is InChI=1S/C22H19NS/c1-13(2)14-8-6-9-18-22(14)17-11-16-15-7-4-5-10-20(15)24-21(16)12-19(17)23(18)3/h4-13H,1-3H3. The molecule has 0 aliphatic rings. The number of hydrogen-bond donors (Lipinski definition) is 0. The molecule has 0 unspecified atom stereocenters. The molecule has 0 aliphatic carbocycles. The van der Waals surface area contributed by atoms with E-state index in [0.717, 1.165) is 0 Å². The second-order valence-electron chi connectivity index (χ2n) is 6.92. The molecular formula is C22H19NS. The van der Waals surface area contributed by atoms with E-state index >= 15 is 0 Å². The fourth-order valence-corrected chi connectivity index (χ4v) is 5.10. The average molecular weight is 329 g/mol. The highest BCUT2D eigenvalue weighted by Crippen LogP contribution is 2.40. The summed E-state index contributed by atoms with van der Waals surface area (Å²) in [4.78, 5) is 0. The third-order valence-electron chi connectivity index (χ3n) is 5.18. The molecule has 3 aromatic carbocycles. The van der Waals surface area contributed by atoms with Crippen molar-refractivity contribution in [3.63, 3.8) is 0 Å². The van der Waals surface area contributed by atoms with Crippen LogP contribution >= 0.6 is 11.3 Å². The maximum Gasteiger partial charge on any atom is 0.0503 e. The molecule has 2 heterocycles. The van der Waals surface area contributed by atoms with E-state index in [1.807, 2.05) is 11.3 Å². The van der Waals surface area contributed by atoms with E-state index in [9.17, 15) is 0 Å². The molecule has 5 aromatic rings. The van der Waals surface area contributed by atoms with Crippen LogP contribution in [0.1, 0.15) is 25.3 Å². The molecule has 1 nitrogen and oxygen atoms in total. The molecule has 0 saturated heterocycles. The Balaban J connectivity index is 2.04. The minimum absolute atomic E-state index is 0.522. The van der Waals surface area contributed by atoms with Crippen LogP contribution in [0.5, 0.6) is 0 Å². The number of fused-ring (bicyclic) bond motifs is 6. The number of aryl methyl sites for hydroxylation is 1. The van der Waals surface area contributed by atoms with Gasteiger partial charge in [-0.3, -0.25) is 0 Å². The molecule has 0 amide bonds. The van der Waals surface area contributed by atoms with Gasteiger partial charge in [-0.25, -0.2) is 0 Å². The van der Waals surface area contributed by atoms with Crippen molar-refractivity contribution in [2.75, 3.05) is 0 Å². The highest BCUT2D eigenvalue weighted by Gasteiger charge is 2.15. The molecular weight excluding hydrogens is 310 g/mol. The average Bonchev–Trinajstić information content (AvgIpc) is 3.09. The maximum absolute atomic E-state index is 2.41. The summed E-state index contributed by atoms with van der Waals surface area (Å²) in [5.41, 5.74) is 4.10. The third-order valence-corrected chi connectivity index (χ3v) is 6.32. The number of rotatable bonds is 1. The van der Waals surface area contributed by atoms with E-state index < -0.39 is 0 Å². The molecule has 0 N–H and O–H groups in total. The normalized spacial score (nSPS) is 12.3. The number of benzene rings is 3. The highest BCUT2D eigenvalue weighted by molar-refractivity contribution is 7.25. The summed E-state index contributed by atoms with van der Waals surface area (Å²) in [6.45, 7) is 4.57. The second-order valence-corrected chi connectivity index (χ2v) is 8.00. The Hall–Kier alpha value is -2.32. The first-order valence-electron chi connectivity index (χ1n) is 8.47. The molecule has 118 valence electrons. The van der Waals surface area contributed by atoms with Crippen molar-refractivity contribution in [1.29, 1.82) is 0 Å². The van der Waals surface area contributed by atoms with Crippen LogP contribution in [0.25, 0.3) is 42.0 Å². The van der Waals surface area contributed by atoms with Gasteiger partial charge in [0.05, 0.1) is 5.52 Å². The minimum atomic E-state index is 0.522. The molecule has 0 fully saturated rings. The number of nitrogens with zero attached hydrogens (tertiary/aromatic N) is 1. The van der Waals surface area contributed by atoms with Crippen molar-refractivity contribution >= 4 is 53.3 Å². The molecule has 2 heteroatoms. The Kier molecular flexibility index (Phi) is 2.84. The van der Waals surface area contributed by atoms with Crippen molar-refractivity contribution in [1.82, 2.24) is 4.57 Å². The zero-order valence-electron chi connectivity index (χ0n) is 14.1. The van der Waals surface area contributed by atoms with Crippen LogP contribution in [-0.4, -0.2) is 4.57 Å². The molecule has 0 saturated carbocycles. The van der Waals surface area contributed by atoms with E-state index in [4.69, 9.17) is 0 Å². The Bertz CT molecular complexity index is 1240. The van der Waals surface area contributed by atoms with Gasteiger partial charge in [0.2, 0.25) is 0 Å². The van der Waals surface area contributed by atoms with Gasteiger partial charge in [-0.2, -0.15) is 0 Å². The van der Waals surface area contributed by atoms with Gasteiger partial charge in [0, 0.05) is 43.5 Å². The van der Waals surface area contributed by atoms with Gasteiger partial charge >= 0.3 is 0 Å². The molecule has 0 atom stereocenters. The number of hydrogen-bond acceptors (Lipinski definition) is 1. The topological polar surface area (TPSA) is 4.93 Å². The zero-order chi connectivity index (χ0) is 16.4. The summed E-state index contributed by atoms with van der Waals surface area (Å²) in [6, 6.07) is 20.2. The lowest BCUT2D eigenvalue weighted by atomic mass is 9.97. The number of thiophene rings is 1. The third kappa shape index (κ3) is 1.75. The lowest BCUT2D eigenvalue weighted by Crippen LogP contribution is -1.89.